The highest BCUT2D eigenvalue weighted by Crippen LogP contribution is 2.31. The van der Waals surface area contributed by atoms with Crippen molar-refractivity contribution in [3.05, 3.63) is 41.2 Å². The van der Waals surface area contributed by atoms with Crippen LogP contribution in [0.1, 0.15) is 55.0 Å². The molecule has 4 rings (SSSR count). The van der Waals surface area contributed by atoms with E-state index in [9.17, 15) is 4.79 Å². The van der Waals surface area contributed by atoms with Crippen LogP contribution < -0.4 is 4.90 Å². The third kappa shape index (κ3) is 5.03. The first kappa shape index (κ1) is 22.9. The second-order valence-electron chi connectivity index (χ2n) is 8.63. The Morgan fingerprint density at radius 1 is 1.25 bits per heavy atom. The number of hydrogen-bond donors (Lipinski definition) is 0. The summed E-state index contributed by atoms with van der Waals surface area (Å²) >= 11 is 1.59. The second kappa shape index (κ2) is 10.1. The van der Waals surface area contributed by atoms with E-state index < -0.39 is 0 Å². The lowest BCUT2D eigenvalue weighted by Gasteiger charge is -2.27. The lowest BCUT2D eigenvalue weighted by Crippen LogP contribution is -2.39. The van der Waals surface area contributed by atoms with Crippen LogP contribution in [0.3, 0.4) is 0 Å². The van der Waals surface area contributed by atoms with Gasteiger partial charge in [-0.25, -0.2) is 4.98 Å². The Kier molecular flexibility index (Phi) is 7.23. The molecular formula is C24H33N5O2S. The Labute approximate surface area is 194 Å². The van der Waals surface area contributed by atoms with Crippen LogP contribution in [-0.2, 0) is 11.2 Å². The summed E-state index contributed by atoms with van der Waals surface area (Å²) in [7, 11) is 0. The van der Waals surface area contributed by atoms with E-state index in [-0.39, 0.29) is 11.9 Å². The molecule has 7 nitrogen and oxygen atoms in total. The fourth-order valence-electron chi connectivity index (χ4n) is 4.11. The van der Waals surface area contributed by atoms with Crippen molar-refractivity contribution in [2.24, 2.45) is 0 Å². The molecule has 0 atom stereocenters. The van der Waals surface area contributed by atoms with E-state index in [1.165, 1.54) is 5.56 Å². The molecule has 0 radical (unpaired) electrons. The van der Waals surface area contributed by atoms with E-state index in [0.717, 1.165) is 66.7 Å². The Bertz CT molecular complexity index is 1070. The molecule has 32 heavy (non-hydrogen) atoms. The standard InChI is InChI=1S/C24H33N5O2S/c1-5-19-7-8-20-22(16-19)32-24(25-20)28(10-6-9-27-11-13-31-14-12-27)23(30)21-15-18(4)29(26-21)17(2)3/h7-8,15-17H,5-6,9-14H2,1-4H3. The zero-order chi connectivity index (χ0) is 22.7. The molecule has 0 spiro atoms. The lowest BCUT2D eigenvalue weighted by molar-refractivity contribution is 0.0376. The van der Waals surface area contributed by atoms with Crippen molar-refractivity contribution in [1.82, 2.24) is 19.7 Å². The summed E-state index contributed by atoms with van der Waals surface area (Å²) in [6.45, 7) is 13.3. The Morgan fingerprint density at radius 3 is 2.72 bits per heavy atom. The van der Waals surface area contributed by atoms with Crippen LogP contribution in [0.4, 0.5) is 5.13 Å². The summed E-state index contributed by atoms with van der Waals surface area (Å²) in [4.78, 5) is 22.6. The summed E-state index contributed by atoms with van der Waals surface area (Å²) < 4.78 is 8.48. The molecular weight excluding hydrogens is 422 g/mol. The molecule has 172 valence electrons. The number of amides is 1. The van der Waals surface area contributed by atoms with Gasteiger partial charge in [-0.05, 0) is 57.4 Å². The minimum atomic E-state index is -0.0794. The highest BCUT2D eigenvalue weighted by molar-refractivity contribution is 7.22. The molecule has 1 fully saturated rings. The zero-order valence-electron chi connectivity index (χ0n) is 19.5. The largest absolute Gasteiger partial charge is 0.379 e. The Balaban J connectivity index is 1.59. The molecule has 0 N–H and O–H groups in total. The normalized spacial score (nSPS) is 15.0. The van der Waals surface area contributed by atoms with E-state index in [2.05, 4.69) is 49.0 Å². The summed E-state index contributed by atoms with van der Waals surface area (Å²) in [5, 5.41) is 5.36. The van der Waals surface area contributed by atoms with Gasteiger partial charge in [0.25, 0.3) is 5.91 Å². The molecule has 2 aromatic heterocycles. The molecule has 1 saturated heterocycles. The van der Waals surface area contributed by atoms with Crippen LogP contribution in [0, 0.1) is 6.92 Å². The molecule has 1 aliphatic heterocycles. The van der Waals surface area contributed by atoms with Crippen LogP contribution in [-0.4, -0.2) is 65.0 Å². The third-order valence-corrected chi connectivity index (χ3v) is 6.96. The van der Waals surface area contributed by atoms with Gasteiger partial charge in [0.2, 0.25) is 0 Å². The number of thiazole rings is 1. The minimum absolute atomic E-state index is 0.0794. The number of aryl methyl sites for hydroxylation is 2. The van der Waals surface area contributed by atoms with Gasteiger partial charge in [-0.1, -0.05) is 24.3 Å². The average Bonchev–Trinajstić information content (AvgIpc) is 3.39. The van der Waals surface area contributed by atoms with Crippen molar-refractivity contribution in [2.45, 2.75) is 46.6 Å². The van der Waals surface area contributed by atoms with Crippen LogP contribution in [0.15, 0.2) is 24.3 Å². The van der Waals surface area contributed by atoms with E-state index in [1.807, 2.05) is 22.6 Å². The molecule has 8 heteroatoms. The number of carbonyl (C=O) groups excluding carboxylic acids is 1. The zero-order valence-corrected chi connectivity index (χ0v) is 20.3. The van der Waals surface area contributed by atoms with Crippen LogP contribution >= 0.6 is 11.3 Å². The van der Waals surface area contributed by atoms with Gasteiger partial charge in [0, 0.05) is 37.9 Å². The maximum absolute atomic E-state index is 13.6. The average molecular weight is 456 g/mol. The summed E-state index contributed by atoms with van der Waals surface area (Å²) in [5.41, 5.74) is 3.70. The van der Waals surface area contributed by atoms with Crippen molar-refractivity contribution >= 4 is 32.6 Å². The maximum Gasteiger partial charge on any atom is 0.280 e. The van der Waals surface area contributed by atoms with E-state index in [4.69, 9.17) is 9.72 Å². The van der Waals surface area contributed by atoms with Crippen molar-refractivity contribution < 1.29 is 9.53 Å². The number of benzene rings is 1. The Hall–Kier alpha value is -2.29. The molecule has 0 unspecified atom stereocenters. The number of morpholine rings is 1. The summed E-state index contributed by atoms with van der Waals surface area (Å²) in [6, 6.07) is 8.46. The quantitative estimate of drug-likeness (QED) is 0.506. The smallest absolute Gasteiger partial charge is 0.280 e. The fraction of sp³-hybridized carbons (Fsp3) is 0.542. The molecule has 1 amide bonds. The van der Waals surface area contributed by atoms with Crippen molar-refractivity contribution in [1.29, 1.82) is 0 Å². The lowest BCUT2D eigenvalue weighted by atomic mass is 10.2. The van der Waals surface area contributed by atoms with E-state index in [1.54, 1.807) is 11.3 Å². The SMILES string of the molecule is CCc1ccc2nc(N(CCCN3CCOCC3)C(=O)c3cc(C)n(C(C)C)n3)sc2c1. The predicted octanol–water partition coefficient (Wildman–Crippen LogP) is 4.31. The van der Waals surface area contributed by atoms with Crippen molar-refractivity contribution in [3.63, 3.8) is 0 Å². The fourth-order valence-corrected chi connectivity index (χ4v) is 5.16. The summed E-state index contributed by atoms with van der Waals surface area (Å²) in [5.74, 6) is -0.0794. The first-order valence-electron chi connectivity index (χ1n) is 11.5. The number of nitrogens with zero attached hydrogens (tertiary/aromatic N) is 5. The topological polar surface area (TPSA) is 63.5 Å². The summed E-state index contributed by atoms with van der Waals surface area (Å²) in [6.07, 6.45) is 1.86. The second-order valence-corrected chi connectivity index (χ2v) is 9.63. The third-order valence-electron chi connectivity index (χ3n) is 5.92. The number of carbonyl (C=O) groups is 1. The van der Waals surface area contributed by atoms with Gasteiger partial charge in [0.1, 0.15) is 0 Å². The van der Waals surface area contributed by atoms with Crippen LogP contribution in [0.2, 0.25) is 0 Å². The van der Waals surface area contributed by atoms with Crippen molar-refractivity contribution in [2.75, 3.05) is 44.3 Å². The highest BCUT2D eigenvalue weighted by Gasteiger charge is 2.25. The highest BCUT2D eigenvalue weighted by atomic mass is 32.1. The maximum atomic E-state index is 13.6. The molecule has 3 aromatic rings. The van der Waals surface area contributed by atoms with Gasteiger partial charge >= 0.3 is 0 Å². The van der Waals surface area contributed by atoms with E-state index >= 15 is 0 Å². The number of rotatable bonds is 8. The minimum Gasteiger partial charge on any atom is -0.379 e. The van der Waals surface area contributed by atoms with Gasteiger partial charge < -0.3 is 4.74 Å². The number of fused-ring (bicyclic) bond motifs is 1. The first-order valence-corrected chi connectivity index (χ1v) is 12.4. The molecule has 3 heterocycles. The number of ether oxygens (including phenoxy) is 1. The number of anilines is 1. The van der Waals surface area contributed by atoms with Crippen LogP contribution in [0.5, 0.6) is 0 Å². The monoisotopic (exact) mass is 455 g/mol. The number of hydrogen-bond acceptors (Lipinski definition) is 6. The van der Waals surface area contributed by atoms with Crippen molar-refractivity contribution in [3.8, 4) is 0 Å². The van der Waals surface area contributed by atoms with Gasteiger partial charge in [0.05, 0.1) is 23.4 Å². The molecule has 1 aliphatic rings. The molecule has 0 bridgehead atoms. The van der Waals surface area contributed by atoms with Gasteiger partial charge in [-0.2, -0.15) is 5.10 Å². The van der Waals surface area contributed by atoms with Gasteiger partial charge in [-0.3, -0.25) is 19.3 Å². The van der Waals surface area contributed by atoms with Gasteiger partial charge in [-0.15, -0.1) is 0 Å². The first-order chi connectivity index (χ1) is 15.5. The molecule has 0 aliphatic carbocycles. The Morgan fingerprint density at radius 2 is 2.03 bits per heavy atom. The van der Waals surface area contributed by atoms with Gasteiger partial charge in [0.15, 0.2) is 10.8 Å². The molecule has 1 aromatic carbocycles. The number of aromatic nitrogens is 3. The van der Waals surface area contributed by atoms with E-state index in [0.29, 0.717) is 12.2 Å². The van der Waals surface area contributed by atoms with Crippen LogP contribution in [0.25, 0.3) is 10.2 Å². The molecule has 0 saturated carbocycles. The predicted molar refractivity (Wildman–Crippen MR) is 130 cm³/mol.